The number of carboxylic acids is 1. The molecule has 0 heterocycles. The molecular weight excluding hydrogens is 238 g/mol. The van der Waals surface area contributed by atoms with Gasteiger partial charge in [0.25, 0.3) is 0 Å². The van der Waals surface area contributed by atoms with Crippen molar-refractivity contribution in [3.05, 3.63) is 0 Å². The van der Waals surface area contributed by atoms with Gasteiger partial charge in [0, 0.05) is 18.1 Å². The lowest BCUT2D eigenvalue weighted by Crippen LogP contribution is -2.54. The van der Waals surface area contributed by atoms with Crippen molar-refractivity contribution in [3.8, 4) is 0 Å². The summed E-state index contributed by atoms with van der Waals surface area (Å²) in [4.78, 5) is 15.1. The molecule has 0 aromatic heterocycles. The molecule has 0 saturated carbocycles. The van der Waals surface area contributed by atoms with Gasteiger partial charge in [-0.25, -0.2) is 0 Å². The number of aliphatic carboxylic acids is 1. The Morgan fingerprint density at radius 3 is 2.41 bits per heavy atom. The number of nitrogens with two attached hydrogens (primary N) is 2. The third kappa shape index (κ3) is 6.53. The summed E-state index contributed by atoms with van der Waals surface area (Å²) >= 11 is 1.49. The highest BCUT2D eigenvalue weighted by atomic mass is 32.2. The maximum Gasteiger partial charge on any atom is 0.324 e. The second kappa shape index (κ2) is 8.36. The average Bonchev–Trinajstić information content (AvgIpc) is 2.15. The molecule has 0 unspecified atom stereocenters. The minimum atomic E-state index is -1.16. The van der Waals surface area contributed by atoms with E-state index >= 15 is 0 Å². The molecule has 0 fully saturated rings. The van der Waals surface area contributed by atoms with Crippen molar-refractivity contribution in [1.29, 1.82) is 0 Å². The van der Waals surface area contributed by atoms with Crippen LogP contribution in [0.1, 0.15) is 28.2 Å². The van der Waals surface area contributed by atoms with Crippen LogP contribution in [0.2, 0.25) is 0 Å². The van der Waals surface area contributed by atoms with Crippen LogP contribution in [0, 0.1) is 5.92 Å². The zero-order valence-electron chi connectivity index (χ0n) is 10.1. The van der Waals surface area contributed by atoms with E-state index in [0.29, 0.717) is 18.1 Å². The Labute approximate surface area is 108 Å². The first-order valence-corrected chi connectivity index (χ1v) is 6.32. The number of hydrogen-bond acceptors (Lipinski definition) is 4. The smallest absolute Gasteiger partial charge is 0.324 e. The van der Waals surface area contributed by atoms with Crippen molar-refractivity contribution in [1.82, 2.24) is 0 Å². The molecule has 17 heavy (non-hydrogen) atoms. The SMILES string of the molecule is C.CC(N)=NCCSC[C@](N)(C(=O)O)C(C)C. The lowest BCUT2D eigenvalue weighted by molar-refractivity contribution is -0.144. The van der Waals surface area contributed by atoms with E-state index < -0.39 is 11.5 Å². The molecule has 5 nitrogen and oxygen atoms in total. The van der Waals surface area contributed by atoms with Crippen LogP contribution in [0.4, 0.5) is 0 Å². The standard InChI is InChI=1S/C10H21N3O2S.CH4/c1-7(2)10(12,9(14)15)6-16-5-4-13-8(3)11;/h7H,4-6,12H2,1-3H3,(H2,11,13)(H,14,15);1H4/t10-;/m1./s1. The van der Waals surface area contributed by atoms with Crippen LogP contribution in [0.25, 0.3) is 0 Å². The Balaban J connectivity index is 0. The monoisotopic (exact) mass is 263 g/mol. The molecular formula is C11H25N3O2S. The highest BCUT2D eigenvalue weighted by Gasteiger charge is 2.37. The third-order valence-electron chi connectivity index (χ3n) is 2.37. The lowest BCUT2D eigenvalue weighted by atomic mass is 9.90. The van der Waals surface area contributed by atoms with Gasteiger partial charge >= 0.3 is 5.97 Å². The molecule has 1 atom stereocenters. The quantitative estimate of drug-likeness (QED) is 0.363. The summed E-state index contributed by atoms with van der Waals surface area (Å²) in [5.74, 6) is 0.611. The predicted molar refractivity (Wildman–Crippen MR) is 75.6 cm³/mol. The molecule has 102 valence electrons. The molecule has 6 heteroatoms. The van der Waals surface area contributed by atoms with Crippen molar-refractivity contribution >= 4 is 23.6 Å². The molecule has 0 bridgehead atoms. The molecule has 0 aromatic carbocycles. The van der Waals surface area contributed by atoms with Crippen molar-refractivity contribution < 1.29 is 9.90 Å². The summed E-state index contributed by atoms with van der Waals surface area (Å²) in [6.07, 6.45) is 0. The number of thioether (sulfide) groups is 1. The summed E-state index contributed by atoms with van der Waals surface area (Å²) < 4.78 is 0. The maximum absolute atomic E-state index is 11.0. The van der Waals surface area contributed by atoms with Crippen LogP contribution in [-0.2, 0) is 4.79 Å². The summed E-state index contributed by atoms with van der Waals surface area (Å²) in [6.45, 7) is 5.96. The fourth-order valence-electron chi connectivity index (χ4n) is 1.00. The molecule has 0 amide bonds. The van der Waals surface area contributed by atoms with Crippen molar-refractivity contribution in [2.75, 3.05) is 18.1 Å². The molecule has 0 aromatic rings. The van der Waals surface area contributed by atoms with Crippen LogP contribution in [-0.4, -0.2) is 40.5 Å². The van der Waals surface area contributed by atoms with Gasteiger partial charge in [-0.05, 0) is 12.8 Å². The number of hydrogen-bond donors (Lipinski definition) is 3. The molecule has 0 radical (unpaired) electrons. The lowest BCUT2D eigenvalue weighted by Gasteiger charge is -2.28. The van der Waals surface area contributed by atoms with Gasteiger partial charge < -0.3 is 16.6 Å². The molecule has 0 spiro atoms. The normalized spacial score (nSPS) is 15.2. The first-order chi connectivity index (χ1) is 7.30. The van der Waals surface area contributed by atoms with Crippen LogP contribution in [0.5, 0.6) is 0 Å². The topological polar surface area (TPSA) is 102 Å². The van der Waals surface area contributed by atoms with Crippen LogP contribution in [0.15, 0.2) is 4.99 Å². The van der Waals surface area contributed by atoms with Gasteiger partial charge in [-0.15, -0.1) is 0 Å². The van der Waals surface area contributed by atoms with E-state index in [9.17, 15) is 4.79 Å². The van der Waals surface area contributed by atoms with Gasteiger partial charge in [0.15, 0.2) is 0 Å². The van der Waals surface area contributed by atoms with Crippen LogP contribution in [0.3, 0.4) is 0 Å². The van der Waals surface area contributed by atoms with Crippen molar-refractivity contribution in [3.63, 3.8) is 0 Å². The number of carbonyl (C=O) groups is 1. The van der Waals surface area contributed by atoms with E-state index in [2.05, 4.69) is 4.99 Å². The van der Waals surface area contributed by atoms with Crippen LogP contribution < -0.4 is 11.5 Å². The van der Waals surface area contributed by atoms with Gasteiger partial charge in [-0.3, -0.25) is 9.79 Å². The van der Waals surface area contributed by atoms with Crippen molar-refractivity contribution in [2.45, 2.75) is 33.7 Å². The number of rotatable bonds is 7. The second-order valence-electron chi connectivity index (χ2n) is 4.08. The largest absolute Gasteiger partial charge is 0.480 e. The zero-order chi connectivity index (χ0) is 12.8. The molecule has 0 saturated heterocycles. The Morgan fingerprint density at radius 2 is 2.06 bits per heavy atom. The summed E-state index contributed by atoms with van der Waals surface area (Å²) in [5, 5.41) is 9.06. The summed E-state index contributed by atoms with van der Waals surface area (Å²) in [5.41, 5.74) is 10.1. The number of nitrogens with zero attached hydrogens (tertiary/aromatic N) is 1. The van der Waals surface area contributed by atoms with Crippen LogP contribution >= 0.6 is 11.8 Å². The minimum Gasteiger partial charge on any atom is -0.480 e. The molecule has 0 rings (SSSR count). The van der Waals surface area contributed by atoms with E-state index in [-0.39, 0.29) is 13.3 Å². The Hall–Kier alpha value is -0.750. The second-order valence-corrected chi connectivity index (χ2v) is 5.18. The summed E-state index contributed by atoms with van der Waals surface area (Å²) in [7, 11) is 0. The predicted octanol–water partition coefficient (Wildman–Crippen LogP) is 1.17. The molecule has 0 aliphatic heterocycles. The number of amidine groups is 1. The fourth-order valence-corrected chi connectivity index (χ4v) is 2.16. The maximum atomic E-state index is 11.0. The van der Waals surface area contributed by atoms with Crippen molar-refractivity contribution in [2.24, 2.45) is 22.4 Å². The van der Waals surface area contributed by atoms with E-state index in [1.807, 2.05) is 13.8 Å². The average molecular weight is 263 g/mol. The highest BCUT2D eigenvalue weighted by Crippen LogP contribution is 2.20. The fraction of sp³-hybridized carbons (Fsp3) is 0.818. The number of carboxylic acid groups (broad SMARTS) is 1. The summed E-state index contributed by atoms with van der Waals surface area (Å²) in [6, 6.07) is 0. The van der Waals surface area contributed by atoms with Gasteiger partial charge in [-0.1, -0.05) is 21.3 Å². The first kappa shape index (κ1) is 18.6. The molecule has 0 aliphatic carbocycles. The van der Waals surface area contributed by atoms with Gasteiger partial charge in [-0.2, -0.15) is 11.8 Å². The van der Waals surface area contributed by atoms with Gasteiger partial charge in [0.2, 0.25) is 0 Å². The Kier molecular flexibility index (Phi) is 9.15. The van der Waals surface area contributed by atoms with E-state index in [1.165, 1.54) is 11.8 Å². The third-order valence-corrected chi connectivity index (χ3v) is 3.52. The van der Waals surface area contributed by atoms with E-state index in [1.54, 1.807) is 6.92 Å². The molecule has 5 N–H and O–H groups in total. The Morgan fingerprint density at radius 1 is 1.53 bits per heavy atom. The minimum absolute atomic E-state index is 0. The Bertz CT molecular complexity index is 265. The van der Waals surface area contributed by atoms with Gasteiger partial charge in [0.05, 0.1) is 5.84 Å². The highest BCUT2D eigenvalue weighted by molar-refractivity contribution is 7.99. The van der Waals surface area contributed by atoms with Gasteiger partial charge in [0.1, 0.15) is 5.54 Å². The zero-order valence-corrected chi connectivity index (χ0v) is 10.9. The first-order valence-electron chi connectivity index (χ1n) is 5.17. The molecule has 0 aliphatic rings. The van der Waals surface area contributed by atoms with E-state index in [4.69, 9.17) is 16.6 Å². The van der Waals surface area contributed by atoms with E-state index in [0.717, 1.165) is 5.75 Å². The number of aliphatic imine (C=N–C) groups is 1.